The fourth-order valence-corrected chi connectivity index (χ4v) is 2.44. The van der Waals surface area contributed by atoms with Gasteiger partial charge >= 0.3 is 0 Å². The van der Waals surface area contributed by atoms with Crippen molar-refractivity contribution in [1.29, 1.82) is 0 Å². The van der Waals surface area contributed by atoms with Gasteiger partial charge in [-0.15, -0.1) is 0 Å². The molecule has 0 aliphatic rings. The topological polar surface area (TPSA) is 75.3 Å². The molecule has 0 radical (unpaired) electrons. The van der Waals surface area contributed by atoms with Gasteiger partial charge in [0, 0.05) is 34.3 Å². The lowest BCUT2D eigenvalue weighted by Crippen LogP contribution is -2.34. The van der Waals surface area contributed by atoms with Crippen molar-refractivity contribution in [2.75, 3.05) is 13.1 Å². The quantitative estimate of drug-likeness (QED) is 0.589. The van der Waals surface area contributed by atoms with Crippen molar-refractivity contribution in [3.63, 3.8) is 0 Å². The van der Waals surface area contributed by atoms with Crippen LogP contribution in [0.2, 0.25) is 0 Å². The lowest BCUT2D eigenvalue weighted by molar-refractivity contribution is 0.0927. The Morgan fingerprint density at radius 1 is 0.833 bits per heavy atom. The van der Waals surface area contributed by atoms with Crippen LogP contribution in [0.15, 0.2) is 53.0 Å². The van der Waals surface area contributed by atoms with E-state index in [9.17, 15) is 14.4 Å². The summed E-state index contributed by atoms with van der Waals surface area (Å²) in [6.07, 6.45) is 0. The molecule has 24 heavy (non-hydrogen) atoms. The van der Waals surface area contributed by atoms with Crippen LogP contribution in [0.25, 0.3) is 0 Å². The van der Waals surface area contributed by atoms with Crippen LogP contribution in [0.3, 0.4) is 0 Å². The van der Waals surface area contributed by atoms with E-state index in [0.717, 1.165) is 4.47 Å². The molecule has 0 fully saturated rings. The molecule has 124 valence electrons. The average molecular weight is 389 g/mol. The van der Waals surface area contributed by atoms with Crippen LogP contribution < -0.4 is 10.6 Å². The fraction of sp³-hybridized carbons (Fsp3) is 0.167. The molecule has 2 rings (SSSR count). The molecule has 5 nitrogen and oxygen atoms in total. The highest BCUT2D eigenvalue weighted by molar-refractivity contribution is 9.10. The SMILES string of the molecule is CC(=O)c1ccc(C(=O)NCCNC(=O)c2cccc(Br)c2)cc1. The number of ketones is 1. The summed E-state index contributed by atoms with van der Waals surface area (Å²) in [6.45, 7) is 2.11. The second kappa shape index (κ2) is 8.40. The van der Waals surface area contributed by atoms with E-state index in [4.69, 9.17) is 0 Å². The van der Waals surface area contributed by atoms with Crippen molar-refractivity contribution >= 4 is 33.5 Å². The molecule has 2 N–H and O–H groups in total. The maximum absolute atomic E-state index is 12.0. The minimum Gasteiger partial charge on any atom is -0.350 e. The number of amides is 2. The van der Waals surface area contributed by atoms with E-state index in [1.807, 2.05) is 6.07 Å². The predicted molar refractivity (Wildman–Crippen MR) is 95.3 cm³/mol. The molecule has 0 heterocycles. The summed E-state index contributed by atoms with van der Waals surface area (Å²) in [5, 5.41) is 5.46. The highest BCUT2D eigenvalue weighted by atomic mass is 79.9. The summed E-state index contributed by atoms with van der Waals surface area (Å²) in [5.41, 5.74) is 1.58. The largest absolute Gasteiger partial charge is 0.350 e. The van der Waals surface area contributed by atoms with Gasteiger partial charge in [-0.1, -0.05) is 34.1 Å². The fourth-order valence-electron chi connectivity index (χ4n) is 2.04. The summed E-state index contributed by atoms with van der Waals surface area (Å²) < 4.78 is 0.831. The molecule has 0 aliphatic heterocycles. The number of hydrogen-bond donors (Lipinski definition) is 2. The highest BCUT2D eigenvalue weighted by Crippen LogP contribution is 2.11. The monoisotopic (exact) mass is 388 g/mol. The number of rotatable bonds is 6. The second-order valence-corrected chi connectivity index (χ2v) is 6.07. The number of carbonyl (C=O) groups is 3. The van der Waals surface area contributed by atoms with E-state index in [-0.39, 0.29) is 17.6 Å². The first-order chi connectivity index (χ1) is 11.5. The molecule has 0 aliphatic carbocycles. The van der Waals surface area contributed by atoms with Crippen molar-refractivity contribution < 1.29 is 14.4 Å². The Morgan fingerprint density at radius 3 is 1.92 bits per heavy atom. The zero-order chi connectivity index (χ0) is 17.5. The van der Waals surface area contributed by atoms with Gasteiger partial charge in [0.05, 0.1) is 0 Å². The Hall–Kier alpha value is -2.47. The summed E-state index contributed by atoms with van der Waals surface area (Å²) in [7, 11) is 0. The lowest BCUT2D eigenvalue weighted by Gasteiger charge is -2.08. The van der Waals surface area contributed by atoms with Gasteiger partial charge in [-0.25, -0.2) is 0 Å². The van der Waals surface area contributed by atoms with Gasteiger partial charge in [0.25, 0.3) is 11.8 Å². The van der Waals surface area contributed by atoms with E-state index in [2.05, 4.69) is 26.6 Å². The Labute approximate surface area is 148 Å². The zero-order valence-corrected chi connectivity index (χ0v) is 14.7. The van der Waals surface area contributed by atoms with Crippen molar-refractivity contribution in [2.24, 2.45) is 0 Å². The Balaban J connectivity index is 1.78. The van der Waals surface area contributed by atoms with Crippen LogP contribution in [-0.2, 0) is 0 Å². The maximum atomic E-state index is 12.0. The first-order valence-electron chi connectivity index (χ1n) is 7.40. The van der Waals surface area contributed by atoms with Gasteiger partial charge in [-0.05, 0) is 37.3 Å². The van der Waals surface area contributed by atoms with Crippen molar-refractivity contribution in [3.8, 4) is 0 Å². The Kier molecular flexibility index (Phi) is 6.26. The van der Waals surface area contributed by atoms with Gasteiger partial charge in [0.1, 0.15) is 0 Å². The Morgan fingerprint density at radius 2 is 1.38 bits per heavy atom. The average Bonchev–Trinajstić information content (AvgIpc) is 2.58. The minimum absolute atomic E-state index is 0.0442. The summed E-state index contributed by atoms with van der Waals surface area (Å²) in [4.78, 5) is 35.1. The van der Waals surface area contributed by atoms with Crippen molar-refractivity contribution in [3.05, 3.63) is 69.7 Å². The predicted octanol–water partition coefficient (Wildman–Crippen LogP) is 2.81. The molecule has 0 spiro atoms. The number of hydrogen-bond acceptors (Lipinski definition) is 3. The molecule has 0 unspecified atom stereocenters. The molecule has 2 aromatic rings. The number of benzene rings is 2. The van der Waals surface area contributed by atoms with Gasteiger partial charge in [-0.2, -0.15) is 0 Å². The number of nitrogens with one attached hydrogen (secondary N) is 2. The summed E-state index contributed by atoms with van der Waals surface area (Å²) in [5.74, 6) is -0.490. The first-order valence-corrected chi connectivity index (χ1v) is 8.19. The van der Waals surface area contributed by atoms with Crippen molar-refractivity contribution in [2.45, 2.75) is 6.92 Å². The molecule has 0 saturated carbocycles. The maximum Gasteiger partial charge on any atom is 0.251 e. The smallest absolute Gasteiger partial charge is 0.251 e. The molecule has 0 aromatic heterocycles. The first kappa shape index (κ1) is 17.9. The minimum atomic E-state index is -0.248. The van der Waals surface area contributed by atoms with Crippen LogP contribution in [0.4, 0.5) is 0 Å². The van der Waals surface area contributed by atoms with E-state index >= 15 is 0 Å². The molecule has 6 heteroatoms. The molecule has 2 amide bonds. The van der Waals surface area contributed by atoms with Crippen LogP contribution in [0, 0.1) is 0 Å². The Bertz CT molecular complexity index is 757. The molecular weight excluding hydrogens is 372 g/mol. The van der Waals surface area contributed by atoms with E-state index in [1.165, 1.54) is 6.92 Å². The van der Waals surface area contributed by atoms with E-state index < -0.39 is 0 Å². The molecular formula is C18H17BrN2O3. The molecule has 0 saturated heterocycles. The number of Topliss-reactive ketones (excluding diaryl/α,β-unsaturated/α-hetero) is 1. The zero-order valence-electron chi connectivity index (χ0n) is 13.1. The van der Waals surface area contributed by atoms with Crippen molar-refractivity contribution in [1.82, 2.24) is 10.6 Å². The van der Waals surface area contributed by atoms with Gasteiger partial charge < -0.3 is 10.6 Å². The van der Waals surface area contributed by atoms with Gasteiger partial charge in [0.2, 0.25) is 0 Å². The highest BCUT2D eigenvalue weighted by Gasteiger charge is 2.08. The normalized spacial score (nSPS) is 10.1. The molecule has 0 atom stereocenters. The third kappa shape index (κ3) is 5.03. The van der Waals surface area contributed by atoms with E-state index in [0.29, 0.717) is 29.8 Å². The van der Waals surface area contributed by atoms with Gasteiger partial charge in [-0.3, -0.25) is 14.4 Å². The van der Waals surface area contributed by atoms with E-state index in [1.54, 1.807) is 42.5 Å². The second-order valence-electron chi connectivity index (χ2n) is 5.16. The third-order valence-electron chi connectivity index (χ3n) is 3.34. The lowest BCUT2D eigenvalue weighted by atomic mass is 10.1. The summed E-state index contributed by atoms with van der Waals surface area (Å²) >= 11 is 3.31. The molecule has 2 aromatic carbocycles. The molecule has 0 bridgehead atoms. The van der Waals surface area contributed by atoms with Crippen LogP contribution in [0.5, 0.6) is 0 Å². The number of halogens is 1. The van der Waals surface area contributed by atoms with Crippen LogP contribution in [0.1, 0.15) is 38.0 Å². The number of carbonyl (C=O) groups excluding carboxylic acids is 3. The van der Waals surface area contributed by atoms with Crippen LogP contribution in [-0.4, -0.2) is 30.7 Å². The standard InChI is InChI=1S/C18H17BrN2O3/c1-12(22)13-5-7-14(8-6-13)17(23)20-9-10-21-18(24)15-3-2-4-16(19)11-15/h2-8,11H,9-10H2,1H3,(H,20,23)(H,21,24). The van der Waals surface area contributed by atoms with Crippen LogP contribution >= 0.6 is 15.9 Å². The van der Waals surface area contributed by atoms with Gasteiger partial charge in [0.15, 0.2) is 5.78 Å². The third-order valence-corrected chi connectivity index (χ3v) is 3.83. The summed E-state index contributed by atoms with van der Waals surface area (Å²) in [6, 6.07) is 13.5.